The molecule has 0 saturated heterocycles. The monoisotopic (exact) mass is 305 g/mol. The molecule has 2 N–H and O–H groups in total. The van der Waals surface area contributed by atoms with E-state index >= 15 is 0 Å². The largest absolute Gasteiger partial charge is 0.497 e. The molecule has 0 radical (unpaired) electrons. The van der Waals surface area contributed by atoms with Gasteiger partial charge >= 0.3 is 0 Å². The second-order valence-corrected chi connectivity index (χ2v) is 5.48. The summed E-state index contributed by atoms with van der Waals surface area (Å²) in [5.74, 6) is 0.869. The molecular weight excluding hydrogens is 289 g/mol. The van der Waals surface area contributed by atoms with Gasteiger partial charge in [-0.05, 0) is 45.7 Å². The zero-order chi connectivity index (χ0) is 10.9. The van der Waals surface area contributed by atoms with Gasteiger partial charge in [0, 0.05) is 9.26 Å². The lowest BCUT2D eigenvalue weighted by molar-refractivity contribution is 0.412. The van der Waals surface area contributed by atoms with Gasteiger partial charge in [-0.2, -0.15) is 0 Å². The normalized spacial score (nSPS) is 11.5. The van der Waals surface area contributed by atoms with Crippen molar-refractivity contribution in [1.29, 1.82) is 0 Å². The van der Waals surface area contributed by atoms with Crippen LogP contribution in [0.4, 0.5) is 5.69 Å². The Morgan fingerprint density at radius 3 is 2.29 bits per heavy atom. The number of hydrogen-bond acceptors (Lipinski definition) is 2. The molecular formula is C11H16INO. The average molecular weight is 305 g/mol. The molecule has 1 aromatic rings. The van der Waals surface area contributed by atoms with E-state index in [4.69, 9.17) is 10.5 Å². The smallest absolute Gasteiger partial charge is 0.120 e. The van der Waals surface area contributed by atoms with Crippen molar-refractivity contribution < 1.29 is 4.74 Å². The van der Waals surface area contributed by atoms with Crippen LogP contribution in [0.1, 0.15) is 26.3 Å². The minimum absolute atomic E-state index is 0.0541. The summed E-state index contributed by atoms with van der Waals surface area (Å²) in [5, 5.41) is 0. The standard InChI is InChI=1S/C11H16INO/c1-11(2,3)8-5-7(14-4)6-9(12)10(8)13/h5-6H,13H2,1-4H3. The first-order valence-corrected chi connectivity index (χ1v) is 5.57. The Labute approximate surface area is 99.0 Å². The lowest BCUT2D eigenvalue weighted by Gasteiger charge is -2.22. The van der Waals surface area contributed by atoms with Crippen LogP contribution in [0.25, 0.3) is 0 Å². The first kappa shape index (κ1) is 11.6. The molecule has 0 unspecified atom stereocenters. The number of ether oxygens (including phenoxy) is 1. The minimum atomic E-state index is 0.0541. The third-order valence-corrected chi connectivity index (χ3v) is 3.04. The van der Waals surface area contributed by atoms with Gasteiger partial charge in [-0.1, -0.05) is 20.8 Å². The summed E-state index contributed by atoms with van der Waals surface area (Å²) < 4.78 is 6.27. The van der Waals surface area contributed by atoms with Crippen LogP contribution in [0, 0.1) is 3.57 Å². The molecule has 3 heteroatoms. The van der Waals surface area contributed by atoms with Crippen molar-refractivity contribution in [1.82, 2.24) is 0 Å². The highest BCUT2D eigenvalue weighted by Gasteiger charge is 2.19. The number of halogens is 1. The third-order valence-electron chi connectivity index (χ3n) is 2.15. The van der Waals surface area contributed by atoms with Crippen LogP contribution in [0.3, 0.4) is 0 Å². The molecule has 0 atom stereocenters. The van der Waals surface area contributed by atoms with Gasteiger partial charge in [0.15, 0.2) is 0 Å². The quantitative estimate of drug-likeness (QED) is 0.639. The zero-order valence-electron chi connectivity index (χ0n) is 9.02. The maximum atomic E-state index is 6.03. The highest BCUT2D eigenvalue weighted by atomic mass is 127. The Balaban J connectivity index is 3.35. The molecule has 78 valence electrons. The fraction of sp³-hybridized carbons (Fsp3) is 0.455. The lowest BCUT2D eigenvalue weighted by atomic mass is 9.86. The van der Waals surface area contributed by atoms with Crippen molar-refractivity contribution in [3.8, 4) is 5.75 Å². The Bertz CT molecular complexity index is 342. The number of benzene rings is 1. The maximum absolute atomic E-state index is 6.03. The summed E-state index contributed by atoms with van der Waals surface area (Å²) in [6, 6.07) is 3.96. The van der Waals surface area contributed by atoms with Crippen molar-refractivity contribution in [3.63, 3.8) is 0 Å². The van der Waals surface area contributed by atoms with Gasteiger partial charge < -0.3 is 10.5 Å². The molecule has 0 spiro atoms. The molecule has 2 nitrogen and oxygen atoms in total. The SMILES string of the molecule is COc1cc(I)c(N)c(C(C)(C)C)c1. The molecule has 0 bridgehead atoms. The zero-order valence-corrected chi connectivity index (χ0v) is 11.2. The van der Waals surface area contributed by atoms with Crippen molar-refractivity contribution in [2.75, 3.05) is 12.8 Å². The van der Waals surface area contributed by atoms with E-state index in [2.05, 4.69) is 43.4 Å². The van der Waals surface area contributed by atoms with Crippen molar-refractivity contribution in [3.05, 3.63) is 21.3 Å². The molecule has 0 aromatic heterocycles. The van der Waals surface area contributed by atoms with Crippen LogP contribution in [0.15, 0.2) is 12.1 Å². The second-order valence-electron chi connectivity index (χ2n) is 4.32. The van der Waals surface area contributed by atoms with Gasteiger partial charge in [-0.25, -0.2) is 0 Å². The van der Waals surface area contributed by atoms with E-state index in [0.717, 1.165) is 20.6 Å². The molecule has 14 heavy (non-hydrogen) atoms. The number of nitrogens with two attached hydrogens (primary N) is 1. The van der Waals surface area contributed by atoms with Gasteiger partial charge in [0.2, 0.25) is 0 Å². The van der Waals surface area contributed by atoms with Crippen LogP contribution < -0.4 is 10.5 Å². The Morgan fingerprint density at radius 2 is 1.86 bits per heavy atom. The predicted octanol–water partition coefficient (Wildman–Crippen LogP) is 3.18. The van der Waals surface area contributed by atoms with Crippen molar-refractivity contribution in [2.24, 2.45) is 0 Å². The van der Waals surface area contributed by atoms with Crippen LogP contribution >= 0.6 is 22.6 Å². The Hall–Kier alpha value is -0.450. The molecule has 0 saturated carbocycles. The van der Waals surface area contributed by atoms with Gasteiger partial charge in [-0.3, -0.25) is 0 Å². The molecule has 1 aromatic carbocycles. The summed E-state index contributed by atoms with van der Waals surface area (Å²) in [6.07, 6.45) is 0. The summed E-state index contributed by atoms with van der Waals surface area (Å²) in [4.78, 5) is 0. The first-order chi connectivity index (χ1) is 6.36. The second kappa shape index (κ2) is 3.96. The number of nitrogen functional groups attached to an aromatic ring is 1. The van der Waals surface area contributed by atoms with E-state index in [1.54, 1.807) is 7.11 Å². The fourth-order valence-electron chi connectivity index (χ4n) is 1.33. The maximum Gasteiger partial charge on any atom is 0.120 e. The molecule has 1 rings (SSSR count). The van der Waals surface area contributed by atoms with Gasteiger partial charge in [-0.15, -0.1) is 0 Å². The number of rotatable bonds is 1. The molecule has 0 fully saturated rings. The topological polar surface area (TPSA) is 35.2 Å². The highest BCUT2D eigenvalue weighted by molar-refractivity contribution is 14.1. The van der Waals surface area contributed by atoms with Crippen molar-refractivity contribution >= 4 is 28.3 Å². The van der Waals surface area contributed by atoms with Gasteiger partial charge in [0.25, 0.3) is 0 Å². The van der Waals surface area contributed by atoms with Crippen LogP contribution in [0.5, 0.6) is 5.75 Å². The van der Waals surface area contributed by atoms with Crippen LogP contribution in [-0.4, -0.2) is 7.11 Å². The number of methoxy groups -OCH3 is 1. The lowest BCUT2D eigenvalue weighted by Crippen LogP contribution is -2.15. The Kier molecular flexibility index (Phi) is 3.29. The minimum Gasteiger partial charge on any atom is -0.497 e. The average Bonchev–Trinajstić information content (AvgIpc) is 2.07. The van der Waals surface area contributed by atoms with Crippen LogP contribution in [0.2, 0.25) is 0 Å². The van der Waals surface area contributed by atoms with E-state index in [-0.39, 0.29) is 5.41 Å². The molecule has 0 aliphatic heterocycles. The van der Waals surface area contributed by atoms with E-state index in [1.807, 2.05) is 12.1 Å². The summed E-state index contributed by atoms with van der Waals surface area (Å²) in [6.45, 7) is 6.44. The predicted molar refractivity (Wildman–Crippen MR) is 68.8 cm³/mol. The number of anilines is 1. The van der Waals surface area contributed by atoms with E-state index in [9.17, 15) is 0 Å². The highest BCUT2D eigenvalue weighted by Crippen LogP contribution is 2.34. The van der Waals surface area contributed by atoms with Gasteiger partial charge in [0.05, 0.1) is 7.11 Å². The van der Waals surface area contributed by atoms with Crippen LogP contribution in [-0.2, 0) is 5.41 Å². The Morgan fingerprint density at radius 1 is 1.29 bits per heavy atom. The number of hydrogen-bond donors (Lipinski definition) is 1. The van der Waals surface area contributed by atoms with E-state index in [1.165, 1.54) is 0 Å². The summed E-state index contributed by atoms with van der Waals surface area (Å²) in [7, 11) is 1.67. The molecule has 0 aliphatic carbocycles. The molecule has 0 aliphatic rings. The van der Waals surface area contributed by atoms with E-state index < -0.39 is 0 Å². The molecule has 0 heterocycles. The fourth-order valence-corrected chi connectivity index (χ4v) is 1.93. The summed E-state index contributed by atoms with van der Waals surface area (Å²) in [5.41, 5.74) is 8.08. The van der Waals surface area contributed by atoms with E-state index in [0.29, 0.717) is 0 Å². The van der Waals surface area contributed by atoms with Crippen molar-refractivity contribution in [2.45, 2.75) is 26.2 Å². The first-order valence-electron chi connectivity index (χ1n) is 4.49. The summed E-state index contributed by atoms with van der Waals surface area (Å²) >= 11 is 2.23. The molecule has 0 amide bonds. The van der Waals surface area contributed by atoms with Gasteiger partial charge in [0.1, 0.15) is 5.75 Å². The third kappa shape index (κ3) is 2.32.